The van der Waals surface area contributed by atoms with Crippen molar-refractivity contribution >= 4 is 5.69 Å². The van der Waals surface area contributed by atoms with E-state index in [1.165, 1.54) is 0 Å². The van der Waals surface area contributed by atoms with Crippen LogP contribution in [0, 0.1) is 10.1 Å². The van der Waals surface area contributed by atoms with Crippen LogP contribution < -0.4 is 10.1 Å². The lowest BCUT2D eigenvalue weighted by molar-refractivity contribution is -0.386. The molecule has 0 aliphatic heterocycles. The molecule has 0 unspecified atom stereocenters. The number of nitro groups is 1. The minimum Gasteiger partial charge on any atom is -0.484 e. The van der Waals surface area contributed by atoms with Crippen molar-refractivity contribution in [3.63, 3.8) is 0 Å². The Kier molecular flexibility index (Phi) is 7.71. The monoisotopic (exact) mass is 296 g/mol. The number of hydrogen-bond donors (Lipinski definition) is 1. The van der Waals surface area contributed by atoms with Crippen molar-refractivity contribution in [2.24, 2.45) is 0 Å². The maximum absolute atomic E-state index is 11.1. The molecule has 1 aromatic rings. The van der Waals surface area contributed by atoms with E-state index in [2.05, 4.69) is 12.2 Å². The van der Waals surface area contributed by atoms with E-state index in [1.807, 2.05) is 19.9 Å². The number of nitrogens with one attached hydrogen (secondary N) is 1. The zero-order chi connectivity index (χ0) is 15.7. The van der Waals surface area contributed by atoms with Gasteiger partial charge in [0.1, 0.15) is 6.61 Å². The Labute approximate surface area is 125 Å². The van der Waals surface area contributed by atoms with E-state index in [1.54, 1.807) is 12.1 Å². The molecular formula is C15H24N2O4. The first-order valence-corrected chi connectivity index (χ1v) is 7.27. The molecule has 6 nitrogen and oxygen atoms in total. The van der Waals surface area contributed by atoms with Gasteiger partial charge in [-0.2, -0.15) is 0 Å². The number of ether oxygens (including phenoxy) is 2. The van der Waals surface area contributed by atoms with Crippen molar-refractivity contribution in [2.75, 3.05) is 19.8 Å². The van der Waals surface area contributed by atoms with E-state index in [9.17, 15) is 10.1 Å². The molecule has 0 spiro atoms. The summed E-state index contributed by atoms with van der Waals surface area (Å²) in [4.78, 5) is 10.7. The highest BCUT2D eigenvalue weighted by Crippen LogP contribution is 2.27. The Morgan fingerprint density at radius 1 is 1.33 bits per heavy atom. The second-order valence-electron chi connectivity index (χ2n) is 5.00. The minimum absolute atomic E-state index is 0.00431. The zero-order valence-electron chi connectivity index (χ0n) is 12.9. The minimum atomic E-state index is -0.415. The van der Waals surface area contributed by atoms with Crippen molar-refractivity contribution in [1.82, 2.24) is 5.32 Å². The van der Waals surface area contributed by atoms with Gasteiger partial charge in [-0.25, -0.2) is 0 Å². The molecule has 0 amide bonds. The van der Waals surface area contributed by atoms with Crippen LogP contribution in [0.15, 0.2) is 18.2 Å². The molecular weight excluding hydrogens is 272 g/mol. The highest BCUT2D eigenvalue weighted by molar-refractivity contribution is 5.48. The number of rotatable bonds is 10. The second-order valence-corrected chi connectivity index (χ2v) is 5.00. The Morgan fingerprint density at radius 3 is 2.71 bits per heavy atom. The fraction of sp³-hybridized carbons (Fsp3) is 0.600. The van der Waals surface area contributed by atoms with Crippen LogP contribution >= 0.6 is 0 Å². The summed E-state index contributed by atoms with van der Waals surface area (Å²) in [6.07, 6.45) is 1.15. The molecule has 0 aliphatic carbocycles. The van der Waals surface area contributed by atoms with Gasteiger partial charge < -0.3 is 14.8 Å². The van der Waals surface area contributed by atoms with Gasteiger partial charge in [-0.05, 0) is 38.4 Å². The molecule has 0 bridgehead atoms. The first-order valence-electron chi connectivity index (χ1n) is 7.27. The predicted molar refractivity (Wildman–Crippen MR) is 81.7 cm³/mol. The fourth-order valence-corrected chi connectivity index (χ4v) is 1.78. The second kappa shape index (κ2) is 9.31. The first-order chi connectivity index (χ1) is 10.0. The molecule has 1 aromatic carbocycles. The summed E-state index contributed by atoms with van der Waals surface area (Å²) < 4.78 is 10.8. The third kappa shape index (κ3) is 6.55. The first kappa shape index (κ1) is 17.4. The smallest absolute Gasteiger partial charge is 0.311 e. The van der Waals surface area contributed by atoms with Gasteiger partial charge in [0, 0.05) is 12.6 Å². The van der Waals surface area contributed by atoms with Crippen LogP contribution in [0.3, 0.4) is 0 Å². The fourth-order valence-electron chi connectivity index (χ4n) is 1.78. The molecule has 0 aromatic heterocycles. The largest absolute Gasteiger partial charge is 0.484 e. The lowest BCUT2D eigenvalue weighted by Gasteiger charge is -2.10. The molecule has 0 saturated carbocycles. The summed E-state index contributed by atoms with van der Waals surface area (Å²) >= 11 is 0. The van der Waals surface area contributed by atoms with Crippen molar-refractivity contribution in [2.45, 2.75) is 39.8 Å². The molecule has 6 heteroatoms. The molecule has 118 valence electrons. The van der Waals surface area contributed by atoms with E-state index in [0.717, 1.165) is 18.5 Å². The van der Waals surface area contributed by atoms with Crippen molar-refractivity contribution in [1.29, 1.82) is 0 Å². The number of nitrogens with zero attached hydrogens (tertiary/aromatic N) is 1. The standard InChI is InChI=1S/C15H24N2O4/c1-4-7-16-11-13-5-6-15(14(10-13)17(18)19)21-9-8-20-12(2)3/h5-6,10,12,16H,4,7-9,11H2,1-3H3. The molecule has 0 aliphatic rings. The van der Waals surface area contributed by atoms with Crippen molar-refractivity contribution in [3.8, 4) is 5.75 Å². The number of hydrogen-bond acceptors (Lipinski definition) is 5. The van der Waals surface area contributed by atoms with Crippen LogP contribution in [0.2, 0.25) is 0 Å². The van der Waals surface area contributed by atoms with Crippen LogP contribution in [0.4, 0.5) is 5.69 Å². The van der Waals surface area contributed by atoms with E-state index in [0.29, 0.717) is 19.8 Å². The van der Waals surface area contributed by atoms with Crippen LogP contribution in [-0.2, 0) is 11.3 Å². The van der Waals surface area contributed by atoms with E-state index < -0.39 is 4.92 Å². The highest BCUT2D eigenvalue weighted by Gasteiger charge is 2.15. The van der Waals surface area contributed by atoms with Crippen LogP contribution in [0.1, 0.15) is 32.8 Å². The van der Waals surface area contributed by atoms with Gasteiger partial charge in [0.2, 0.25) is 0 Å². The summed E-state index contributed by atoms with van der Waals surface area (Å²) in [5.74, 6) is 0.284. The summed E-state index contributed by atoms with van der Waals surface area (Å²) in [6, 6.07) is 5.05. The van der Waals surface area contributed by atoms with E-state index in [-0.39, 0.29) is 17.5 Å². The average Bonchev–Trinajstić information content (AvgIpc) is 2.44. The third-order valence-electron chi connectivity index (χ3n) is 2.77. The molecule has 0 atom stereocenters. The lowest BCUT2D eigenvalue weighted by atomic mass is 10.2. The summed E-state index contributed by atoms with van der Waals surface area (Å²) in [5, 5.41) is 14.3. The maximum atomic E-state index is 11.1. The average molecular weight is 296 g/mol. The van der Waals surface area contributed by atoms with Gasteiger partial charge in [0.05, 0.1) is 17.6 Å². The molecule has 0 fully saturated rings. The van der Waals surface area contributed by atoms with Crippen molar-refractivity contribution in [3.05, 3.63) is 33.9 Å². The Hall–Kier alpha value is -1.66. The molecule has 0 saturated heterocycles. The Morgan fingerprint density at radius 2 is 2.10 bits per heavy atom. The predicted octanol–water partition coefficient (Wildman–Crippen LogP) is 2.90. The summed E-state index contributed by atoms with van der Waals surface area (Å²) in [5.41, 5.74) is 0.872. The number of nitro benzene ring substituents is 1. The quantitative estimate of drug-likeness (QED) is 0.408. The Bertz CT molecular complexity index is 449. The summed E-state index contributed by atoms with van der Waals surface area (Å²) in [7, 11) is 0. The van der Waals surface area contributed by atoms with Crippen LogP contribution in [-0.4, -0.2) is 30.8 Å². The van der Waals surface area contributed by atoms with E-state index >= 15 is 0 Å². The van der Waals surface area contributed by atoms with Gasteiger partial charge in [-0.1, -0.05) is 13.0 Å². The maximum Gasteiger partial charge on any atom is 0.311 e. The third-order valence-corrected chi connectivity index (χ3v) is 2.77. The number of benzene rings is 1. The van der Waals surface area contributed by atoms with E-state index in [4.69, 9.17) is 9.47 Å². The van der Waals surface area contributed by atoms with Gasteiger partial charge in [-0.15, -0.1) is 0 Å². The SMILES string of the molecule is CCCNCc1ccc(OCCOC(C)C)c([N+](=O)[O-])c1. The van der Waals surface area contributed by atoms with Crippen LogP contribution in [0.5, 0.6) is 5.75 Å². The molecule has 1 N–H and O–H groups in total. The molecule has 0 radical (unpaired) electrons. The zero-order valence-corrected chi connectivity index (χ0v) is 12.9. The van der Waals surface area contributed by atoms with Crippen molar-refractivity contribution < 1.29 is 14.4 Å². The molecule has 21 heavy (non-hydrogen) atoms. The van der Waals surface area contributed by atoms with Gasteiger partial charge in [0.25, 0.3) is 0 Å². The summed E-state index contributed by atoms with van der Waals surface area (Å²) in [6.45, 7) is 8.15. The van der Waals surface area contributed by atoms with Gasteiger partial charge in [0.15, 0.2) is 5.75 Å². The van der Waals surface area contributed by atoms with Gasteiger partial charge in [-0.3, -0.25) is 10.1 Å². The Balaban J connectivity index is 2.64. The van der Waals surface area contributed by atoms with Crippen LogP contribution in [0.25, 0.3) is 0 Å². The highest BCUT2D eigenvalue weighted by atomic mass is 16.6. The topological polar surface area (TPSA) is 73.6 Å². The lowest BCUT2D eigenvalue weighted by Crippen LogP contribution is -2.14. The van der Waals surface area contributed by atoms with Gasteiger partial charge >= 0.3 is 5.69 Å². The normalized spacial score (nSPS) is 10.9. The molecule has 1 rings (SSSR count). The molecule has 0 heterocycles.